The van der Waals surface area contributed by atoms with Gasteiger partial charge < -0.3 is 14.1 Å². The highest BCUT2D eigenvalue weighted by Crippen LogP contribution is 2.30. The number of aryl methyl sites for hydroxylation is 1. The summed E-state index contributed by atoms with van der Waals surface area (Å²) in [4.78, 5) is 38.5. The molecule has 0 N–H and O–H groups in total. The number of esters is 1. The lowest BCUT2D eigenvalue weighted by molar-refractivity contribution is -0.149. The summed E-state index contributed by atoms with van der Waals surface area (Å²) in [7, 11) is 0. The maximum Gasteiger partial charge on any atom is 0.336 e. The molecule has 1 aliphatic carbocycles. The monoisotopic (exact) mass is 403 g/mol. The molecule has 0 unspecified atom stereocenters. The van der Waals surface area contributed by atoms with Crippen LogP contribution in [0.15, 0.2) is 27.4 Å². The van der Waals surface area contributed by atoms with Gasteiger partial charge in [-0.1, -0.05) is 24.4 Å². The predicted molar refractivity (Wildman–Crippen MR) is 104 cm³/mol. The fourth-order valence-electron chi connectivity index (χ4n) is 4.19. The van der Waals surface area contributed by atoms with Crippen LogP contribution in [0.4, 0.5) is 0 Å². The van der Waals surface area contributed by atoms with Gasteiger partial charge in [0.1, 0.15) is 12.2 Å². The summed E-state index contributed by atoms with van der Waals surface area (Å²) < 4.78 is 10.7. The van der Waals surface area contributed by atoms with E-state index in [1.807, 2.05) is 11.8 Å². The molecule has 1 atom stereocenters. The standard InChI is InChI=1S/C21H22ClNO5/c1-12-6-18-16(9-17(12)22)14(8-20(25)28-18)11-27-21(26)13-7-19(24)23(10-13)15-4-2-3-5-15/h6,8-9,13,15H,2-5,7,10-11H2,1H3/t13-/m1/s1. The van der Waals surface area contributed by atoms with Crippen LogP contribution in [0.25, 0.3) is 11.0 Å². The van der Waals surface area contributed by atoms with E-state index in [9.17, 15) is 14.4 Å². The van der Waals surface area contributed by atoms with Crippen LogP contribution in [0.3, 0.4) is 0 Å². The van der Waals surface area contributed by atoms with Gasteiger partial charge in [-0.15, -0.1) is 0 Å². The normalized spacial score (nSPS) is 20.3. The molecule has 7 heteroatoms. The topological polar surface area (TPSA) is 76.8 Å². The lowest BCUT2D eigenvalue weighted by atomic mass is 10.1. The fourth-order valence-corrected chi connectivity index (χ4v) is 4.36. The third kappa shape index (κ3) is 3.65. The minimum absolute atomic E-state index is 0.0295. The number of ether oxygens (including phenoxy) is 1. The summed E-state index contributed by atoms with van der Waals surface area (Å²) in [6.07, 6.45) is 4.49. The highest BCUT2D eigenvalue weighted by molar-refractivity contribution is 6.32. The quantitative estimate of drug-likeness (QED) is 0.576. The maximum atomic E-state index is 12.5. The van der Waals surface area contributed by atoms with Crippen molar-refractivity contribution in [2.24, 2.45) is 5.92 Å². The maximum absolute atomic E-state index is 12.5. The van der Waals surface area contributed by atoms with E-state index in [0.29, 0.717) is 28.1 Å². The van der Waals surface area contributed by atoms with Gasteiger partial charge in [0.05, 0.1) is 5.92 Å². The third-order valence-corrected chi connectivity index (χ3v) is 6.14. The number of fused-ring (bicyclic) bond motifs is 1. The minimum Gasteiger partial charge on any atom is -0.461 e. The molecular formula is C21H22ClNO5. The zero-order valence-corrected chi connectivity index (χ0v) is 16.5. The molecule has 0 spiro atoms. The molecule has 148 valence electrons. The zero-order chi connectivity index (χ0) is 19.8. The van der Waals surface area contributed by atoms with Crippen LogP contribution in [0.2, 0.25) is 5.02 Å². The molecule has 1 saturated heterocycles. The number of likely N-dealkylation sites (tertiary alicyclic amines) is 1. The number of nitrogens with zero attached hydrogens (tertiary/aromatic N) is 1. The molecule has 2 aliphatic rings. The summed E-state index contributed by atoms with van der Waals surface area (Å²) in [6, 6.07) is 4.98. The second-order valence-corrected chi connectivity index (χ2v) is 8.09. The van der Waals surface area contributed by atoms with Crippen molar-refractivity contribution in [3.63, 3.8) is 0 Å². The SMILES string of the molecule is Cc1cc2oc(=O)cc(COC(=O)[C@@H]3CC(=O)N(C4CCCC4)C3)c2cc1Cl. The molecule has 4 rings (SSSR count). The molecule has 1 saturated carbocycles. The van der Waals surface area contributed by atoms with Gasteiger partial charge in [-0.2, -0.15) is 0 Å². The van der Waals surface area contributed by atoms with Gasteiger partial charge >= 0.3 is 11.6 Å². The first-order valence-corrected chi connectivity index (χ1v) is 9.99. The van der Waals surface area contributed by atoms with Gasteiger partial charge in [0.15, 0.2) is 0 Å². The van der Waals surface area contributed by atoms with Crippen LogP contribution in [-0.4, -0.2) is 29.4 Å². The Balaban J connectivity index is 1.47. The number of halogens is 1. The van der Waals surface area contributed by atoms with Gasteiger partial charge in [0.25, 0.3) is 0 Å². The second-order valence-electron chi connectivity index (χ2n) is 7.68. The van der Waals surface area contributed by atoms with Gasteiger partial charge in [0, 0.05) is 41.0 Å². The van der Waals surface area contributed by atoms with Crippen LogP contribution in [0, 0.1) is 12.8 Å². The average Bonchev–Trinajstić information content (AvgIpc) is 3.30. The fraction of sp³-hybridized carbons (Fsp3) is 0.476. The summed E-state index contributed by atoms with van der Waals surface area (Å²) in [6.45, 7) is 2.18. The lowest BCUT2D eigenvalue weighted by Gasteiger charge is -2.23. The first kappa shape index (κ1) is 19.0. The predicted octanol–water partition coefficient (Wildman–Crippen LogP) is 3.59. The van der Waals surface area contributed by atoms with E-state index in [-0.39, 0.29) is 25.0 Å². The highest BCUT2D eigenvalue weighted by atomic mass is 35.5. The Morgan fingerprint density at radius 2 is 2.00 bits per heavy atom. The second kappa shape index (κ2) is 7.59. The molecule has 2 heterocycles. The van der Waals surface area contributed by atoms with Crippen molar-refractivity contribution < 1.29 is 18.7 Å². The Morgan fingerprint density at radius 1 is 1.25 bits per heavy atom. The molecule has 0 radical (unpaired) electrons. The molecule has 2 fully saturated rings. The first-order chi connectivity index (χ1) is 13.4. The lowest BCUT2D eigenvalue weighted by Crippen LogP contribution is -2.35. The van der Waals surface area contributed by atoms with Crippen LogP contribution in [0.5, 0.6) is 0 Å². The largest absolute Gasteiger partial charge is 0.461 e. The van der Waals surface area contributed by atoms with Gasteiger partial charge in [-0.3, -0.25) is 9.59 Å². The average molecular weight is 404 g/mol. The summed E-state index contributed by atoms with van der Waals surface area (Å²) in [5, 5.41) is 1.18. The van der Waals surface area contributed by atoms with Crippen molar-refractivity contribution in [3.05, 3.63) is 44.8 Å². The van der Waals surface area contributed by atoms with E-state index in [1.165, 1.54) is 6.07 Å². The number of carbonyl (C=O) groups excluding carboxylic acids is 2. The molecule has 6 nitrogen and oxygen atoms in total. The zero-order valence-electron chi connectivity index (χ0n) is 15.7. The molecule has 1 aliphatic heterocycles. The van der Waals surface area contributed by atoms with Crippen molar-refractivity contribution in [1.82, 2.24) is 4.90 Å². The molecular weight excluding hydrogens is 382 g/mol. The molecule has 1 amide bonds. The number of hydrogen-bond acceptors (Lipinski definition) is 5. The summed E-state index contributed by atoms with van der Waals surface area (Å²) >= 11 is 6.19. The summed E-state index contributed by atoms with van der Waals surface area (Å²) in [5.41, 5.74) is 1.23. The minimum atomic E-state index is -0.510. The number of carbonyl (C=O) groups is 2. The van der Waals surface area contributed by atoms with Crippen molar-refractivity contribution in [1.29, 1.82) is 0 Å². The highest BCUT2D eigenvalue weighted by Gasteiger charge is 2.39. The molecule has 1 aromatic heterocycles. The first-order valence-electron chi connectivity index (χ1n) is 9.61. The van der Waals surface area contributed by atoms with Crippen molar-refractivity contribution in [2.45, 2.75) is 51.7 Å². The summed E-state index contributed by atoms with van der Waals surface area (Å²) in [5.74, 6) is -0.833. The number of amides is 1. The van der Waals surface area contributed by atoms with E-state index in [4.69, 9.17) is 20.8 Å². The molecule has 0 bridgehead atoms. The Bertz CT molecular complexity index is 992. The van der Waals surface area contributed by atoms with E-state index >= 15 is 0 Å². The van der Waals surface area contributed by atoms with Crippen LogP contribution in [-0.2, 0) is 20.9 Å². The number of rotatable bonds is 4. The van der Waals surface area contributed by atoms with Crippen molar-refractivity contribution in [3.8, 4) is 0 Å². The van der Waals surface area contributed by atoms with E-state index in [2.05, 4.69) is 0 Å². The molecule has 28 heavy (non-hydrogen) atoms. The Morgan fingerprint density at radius 3 is 2.75 bits per heavy atom. The Labute approximate surface area is 167 Å². The van der Waals surface area contributed by atoms with Crippen molar-refractivity contribution in [2.75, 3.05) is 6.54 Å². The third-order valence-electron chi connectivity index (χ3n) is 5.74. The number of benzene rings is 1. The van der Waals surface area contributed by atoms with Crippen molar-refractivity contribution >= 4 is 34.4 Å². The van der Waals surface area contributed by atoms with Crippen LogP contribution >= 0.6 is 11.6 Å². The van der Waals surface area contributed by atoms with Gasteiger partial charge in [-0.25, -0.2) is 4.79 Å². The van der Waals surface area contributed by atoms with E-state index in [0.717, 1.165) is 31.2 Å². The van der Waals surface area contributed by atoms with Crippen LogP contribution in [0.1, 0.15) is 43.2 Å². The Hall–Kier alpha value is -2.34. The smallest absolute Gasteiger partial charge is 0.336 e. The molecule has 2 aromatic rings. The van der Waals surface area contributed by atoms with Gasteiger partial charge in [-0.05, 0) is 37.5 Å². The van der Waals surface area contributed by atoms with E-state index < -0.39 is 17.5 Å². The molecule has 1 aromatic carbocycles. The van der Waals surface area contributed by atoms with Gasteiger partial charge in [0.2, 0.25) is 5.91 Å². The Kier molecular flexibility index (Phi) is 5.15. The number of hydrogen-bond donors (Lipinski definition) is 0. The van der Waals surface area contributed by atoms with E-state index in [1.54, 1.807) is 12.1 Å². The van der Waals surface area contributed by atoms with Crippen LogP contribution < -0.4 is 5.63 Å².